The lowest BCUT2D eigenvalue weighted by atomic mass is 10.0. The highest BCUT2D eigenvalue weighted by Gasteiger charge is 2.31. The number of fused-ring (bicyclic) bond motifs is 1. The molecule has 1 aliphatic rings. The van der Waals surface area contributed by atoms with Gasteiger partial charge < -0.3 is 10.2 Å². The van der Waals surface area contributed by atoms with Gasteiger partial charge in [0.05, 0.1) is 9.79 Å². The second-order valence-corrected chi connectivity index (χ2v) is 10.2. The summed E-state index contributed by atoms with van der Waals surface area (Å²) >= 11 is 0. The molecule has 6 nitrogen and oxygen atoms in total. The van der Waals surface area contributed by atoms with Crippen molar-refractivity contribution >= 4 is 15.9 Å². The molecule has 9 heteroatoms. The molecule has 178 valence electrons. The molecule has 0 fully saturated rings. The number of rotatable bonds is 7. The van der Waals surface area contributed by atoms with Gasteiger partial charge in [-0.1, -0.05) is 37.6 Å². The standard InChI is InChI=1S/C25H25F2N3O3S/c1-2-11-25(26,27)21-4-3-5-23(13-21)34(32,33)22-8-6-18(7-9-22)14-29-24(31)30-16-19-10-12-28-15-20(19)17-30/h3-10,12-13,15H,2,11,14,16-17H2,1H3,(H,29,31). The maximum absolute atomic E-state index is 14.3. The molecule has 0 aliphatic carbocycles. The van der Waals surface area contributed by atoms with Crippen LogP contribution in [0.5, 0.6) is 0 Å². The highest BCUT2D eigenvalue weighted by Crippen LogP contribution is 2.34. The largest absolute Gasteiger partial charge is 0.334 e. The van der Waals surface area contributed by atoms with Gasteiger partial charge in [0.25, 0.3) is 5.92 Å². The molecule has 0 bridgehead atoms. The third kappa shape index (κ3) is 4.94. The summed E-state index contributed by atoms with van der Waals surface area (Å²) in [7, 11) is -3.96. The highest BCUT2D eigenvalue weighted by molar-refractivity contribution is 7.91. The first-order valence-electron chi connectivity index (χ1n) is 11.0. The van der Waals surface area contributed by atoms with Gasteiger partial charge in [0.2, 0.25) is 9.84 Å². The van der Waals surface area contributed by atoms with Gasteiger partial charge in [-0.15, -0.1) is 0 Å². The van der Waals surface area contributed by atoms with Crippen LogP contribution in [-0.2, 0) is 35.4 Å². The van der Waals surface area contributed by atoms with Gasteiger partial charge in [0, 0.05) is 44.0 Å². The van der Waals surface area contributed by atoms with Crippen molar-refractivity contribution in [3.05, 3.63) is 89.2 Å². The zero-order valence-electron chi connectivity index (χ0n) is 18.7. The molecule has 2 aromatic carbocycles. The molecule has 0 unspecified atom stereocenters. The molecule has 4 rings (SSSR count). The van der Waals surface area contributed by atoms with Gasteiger partial charge in [-0.05, 0) is 47.0 Å². The van der Waals surface area contributed by atoms with Crippen molar-refractivity contribution < 1.29 is 22.0 Å². The molecule has 2 amide bonds. The molecule has 0 radical (unpaired) electrons. The van der Waals surface area contributed by atoms with E-state index in [4.69, 9.17) is 0 Å². The third-order valence-electron chi connectivity index (χ3n) is 5.82. The summed E-state index contributed by atoms with van der Waals surface area (Å²) in [6.45, 7) is 2.88. The predicted molar refractivity (Wildman–Crippen MR) is 123 cm³/mol. The van der Waals surface area contributed by atoms with E-state index < -0.39 is 15.8 Å². The molecular weight excluding hydrogens is 460 g/mol. The smallest absolute Gasteiger partial charge is 0.318 e. The first-order valence-corrected chi connectivity index (χ1v) is 12.5. The molecule has 1 aliphatic heterocycles. The van der Waals surface area contributed by atoms with Crippen molar-refractivity contribution in [2.24, 2.45) is 0 Å². The number of amides is 2. The average Bonchev–Trinajstić information content (AvgIpc) is 3.27. The number of halogens is 2. The number of alkyl halides is 2. The van der Waals surface area contributed by atoms with Crippen molar-refractivity contribution in [2.75, 3.05) is 0 Å². The van der Waals surface area contributed by atoms with Crippen LogP contribution in [0.3, 0.4) is 0 Å². The zero-order chi connectivity index (χ0) is 24.3. The number of aromatic nitrogens is 1. The number of sulfone groups is 1. The number of nitrogens with one attached hydrogen (secondary N) is 1. The molecule has 2 heterocycles. The van der Waals surface area contributed by atoms with E-state index in [1.54, 1.807) is 36.4 Å². The molecular formula is C25H25F2N3O3S. The summed E-state index contributed by atoms with van der Waals surface area (Å²) in [4.78, 5) is 18.1. The number of benzene rings is 2. The SMILES string of the molecule is CCCC(F)(F)c1cccc(S(=O)(=O)c2ccc(CNC(=O)N3Cc4ccncc4C3)cc2)c1. The molecule has 34 heavy (non-hydrogen) atoms. The van der Waals surface area contributed by atoms with Crippen LogP contribution < -0.4 is 5.32 Å². The fourth-order valence-corrected chi connectivity index (χ4v) is 5.23. The van der Waals surface area contributed by atoms with Gasteiger partial charge in [-0.25, -0.2) is 22.0 Å². The van der Waals surface area contributed by atoms with E-state index in [1.807, 2.05) is 6.07 Å². The van der Waals surface area contributed by atoms with Crippen LogP contribution in [0.4, 0.5) is 13.6 Å². The van der Waals surface area contributed by atoms with Gasteiger partial charge in [-0.2, -0.15) is 0 Å². The monoisotopic (exact) mass is 485 g/mol. The van der Waals surface area contributed by atoms with Crippen LogP contribution in [0.25, 0.3) is 0 Å². The molecule has 1 aromatic heterocycles. The molecule has 0 saturated carbocycles. The Morgan fingerprint density at radius 3 is 2.50 bits per heavy atom. The predicted octanol–water partition coefficient (Wildman–Crippen LogP) is 5.03. The van der Waals surface area contributed by atoms with Crippen molar-refractivity contribution in [1.82, 2.24) is 15.2 Å². The second kappa shape index (κ2) is 9.50. The lowest BCUT2D eigenvalue weighted by molar-refractivity contribution is -0.0142. The van der Waals surface area contributed by atoms with Crippen LogP contribution in [0, 0.1) is 0 Å². The first kappa shape index (κ1) is 23.8. The maximum atomic E-state index is 14.3. The Balaban J connectivity index is 1.42. The Morgan fingerprint density at radius 2 is 1.79 bits per heavy atom. The van der Waals surface area contributed by atoms with E-state index in [9.17, 15) is 22.0 Å². The highest BCUT2D eigenvalue weighted by atomic mass is 32.2. The number of carbonyl (C=O) groups is 1. The number of pyridine rings is 1. The topological polar surface area (TPSA) is 79.4 Å². The minimum atomic E-state index is -3.96. The summed E-state index contributed by atoms with van der Waals surface area (Å²) in [6, 6.07) is 12.7. The van der Waals surface area contributed by atoms with Crippen LogP contribution in [0.15, 0.2) is 76.8 Å². The summed E-state index contributed by atoms with van der Waals surface area (Å²) in [5, 5.41) is 2.84. The van der Waals surface area contributed by atoms with Gasteiger partial charge >= 0.3 is 6.03 Å². The fraction of sp³-hybridized carbons (Fsp3) is 0.280. The van der Waals surface area contributed by atoms with Crippen LogP contribution in [0.1, 0.15) is 42.0 Å². The summed E-state index contributed by atoms with van der Waals surface area (Å²) in [6.07, 6.45) is 3.38. The van der Waals surface area contributed by atoms with Crippen molar-refractivity contribution in [1.29, 1.82) is 0 Å². The van der Waals surface area contributed by atoms with Crippen molar-refractivity contribution in [3.63, 3.8) is 0 Å². The van der Waals surface area contributed by atoms with Crippen molar-refractivity contribution in [2.45, 2.75) is 55.1 Å². The summed E-state index contributed by atoms with van der Waals surface area (Å²) in [5.74, 6) is -3.09. The Bertz CT molecular complexity index is 1270. The molecule has 3 aromatic rings. The van der Waals surface area contributed by atoms with Crippen LogP contribution >= 0.6 is 0 Å². The lowest BCUT2D eigenvalue weighted by Gasteiger charge is -2.17. The molecule has 1 N–H and O–H groups in total. The average molecular weight is 486 g/mol. The number of hydrogen-bond donors (Lipinski definition) is 1. The van der Waals surface area contributed by atoms with Gasteiger partial charge in [0.1, 0.15) is 0 Å². The fourth-order valence-electron chi connectivity index (χ4n) is 3.92. The number of carbonyl (C=O) groups excluding carboxylic acids is 1. The third-order valence-corrected chi connectivity index (χ3v) is 7.59. The van der Waals surface area contributed by atoms with E-state index in [1.165, 1.54) is 30.3 Å². The second-order valence-electron chi connectivity index (χ2n) is 8.29. The Labute approximate surface area is 197 Å². The quantitative estimate of drug-likeness (QED) is 0.509. The van der Waals surface area contributed by atoms with E-state index in [0.717, 1.165) is 17.2 Å². The van der Waals surface area contributed by atoms with E-state index in [0.29, 0.717) is 18.7 Å². The zero-order valence-corrected chi connectivity index (χ0v) is 19.5. The summed E-state index contributed by atoms with van der Waals surface area (Å²) in [5.41, 5.74) is 2.49. The lowest BCUT2D eigenvalue weighted by Crippen LogP contribution is -2.35. The number of urea groups is 1. The van der Waals surface area contributed by atoms with E-state index >= 15 is 0 Å². The van der Waals surface area contributed by atoms with Gasteiger partial charge in [-0.3, -0.25) is 4.98 Å². The first-order chi connectivity index (χ1) is 16.2. The molecule has 0 atom stereocenters. The Morgan fingerprint density at radius 1 is 1.06 bits per heavy atom. The van der Waals surface area contributed by atoms with E-state index in [2.05, 4.69) is 10.3 Å². The Hall–Kier alpha value is -3.33. The maximum Gasteiger partial charge on any atom is 0.318 e. The minimum absolute atomic E-state index is 0.000951. The molecule has 0 saturated heterocycles. The molecule has 0 spiro atoms. The van der Waals surface area contributed by atoms with E-state index in [-0.39, 0.29) is 40.8 Å². The number of hydrogen-bond acceptors (Lipinski definition) is 4. The van der Waals surface area contributed by atoms with Crippen LogP contribution in [-0.4, -0.2) is 24.3 Å². The Kier molecular flexibility index (Phi) is 6.65. The van der Waals surface area contributed by atoms with Gasteiger partial charge in [0.15, 0.2) is 0 Å². The normalized spacial score (nSPS) is 13.6. The van der Waals surface area contributed by atoms with Crippen molar-refractivity contribution in [3.8, 4) is 0 Å². The van der Waals surface area contributed by atoms with Crippen LogP contribution in [0.2, 0.25) is 0 Å². The summed E-state index contributed by atoms with van der Waals surface area (Å²) < 4.78 is 54.6. The minimum Gasteiger partial charge on any atom is -0.334 e. The number of nitrogens with zero attached hydrogens (tertiary/aromatic N) is 2.